The molecule has 0 bridgehead atoms. The number of rotatable bonds is 3. The lowest BCUT2D eigenvalue weighted by Gasteiger charge is -2.25. The highest BCUT2D eigenvalue weighted by Crippen LogP contribution is 2.31. The molecule has 2 heterocycles. The van der Waals surface area contributed by atoms with Gasteiger partial charge in [0.2, 0.25) is 0 Å². The third kappa shape index (κ3) is 2.76. The third-order valence-electron chi connectivity index (χ3n) is 4.04. The average Bonchev–Trinajstić information content (AvgIpc) is 2.50. The standard InChI is InChI=1S/C17H21N3O/c1-11-15(9-18-3)12(2)20-17(19-11)14-8-13-6-4-5-7-16(13)21-10-14/h4-7,14,18H,8-10H2,1-3H3. The maximum absolute atomic E-state index is 5.86. The Bertz CT molecular complexity index is 631. The Morgan fingerprint density at radius 2 is 1.90 bits per heavy atom. The van der Waals surface area contributed by atoms with Gasteiger partial charge in [0, 0.05) is 23.5 Å². The van der Waals surface area contributed by atoms with Crippen molar-refractivity contribution in [2.75, 3.05) is 13.7 Å². The summed E-state index contributed by atoms with van der Waals surface area (Å²) in [6, 6.07) is 8.21. The number of hydrogen-bond donors (Lipinski definition) is 1. The maximum atomic E-state index is 5.86. The van der Waals surface area contributed by atoms with Crippen molar-refractivity contribution in [1.29, 1.82) is 0 Å². The number of fused-ring (bicyclic) bond motifs is 1. The summed E-state index contributed by atoms with van der Waals surface area (Å²) in [5, 5.41) is 3.17. The van der Waals surface area contributed by atoms with E-state index in [0.717, 1.165) is 35.9 Å². The minimum Gasteiger partial charge on any atom is -0.493 e. The molecule has 4 nitrogen and oxygen atoms in total. The van der Waals surface area contributed by atoms with Crippen LogP contribution in [0.25, 0.3) is 0 Å². The van der Waals surface area contributed by atoms with Crippen LogP contribution in [0.4, 0.5) is 0 Å². The fraction of sp³-hybridized carbons (Fsp3) is 0.412. The molecule has 3 rings (SSSR count). The van der Waals surface area contributed by atoms with E-state index in [2.05, 4.69) is 31.3 Å². The molecule has 0 radical (unpaired) electrons. The van der Waals surface area contributed by atoms with E-state index in [4.69, 9.17) is 14.7 Å². The Labute approximate surface area is 125 Å². The van der Waals surface area contributed by atoms with E-state index in [1.54, 1.807) is 0 Å². The van der Waals surface area contributed by atoms with Crippen LogP contribution in [0.2, 0.25) is 0 Å². The van der Waals surface area contributed by atoms with E-state index < -0.39 is 0 Å². The molecule has 1 N–H and O–H groups in total. The van der Waals surface area contributed by atoms with E-state index >= 15 is 0 Å². The quantitative estimate of drug-likeness (QED) is 0.940. The van der Waals surface area contributed by atoms with Crippen molar-refractivity contribution in [1.82, 2.24) is 15.3 Å². The first-order valence-electron chi connectivity index (χ1n) is 7.38. The van der Waals surface area contributed by atoms with Gasteiger partial charge >= 0.3 is 0 Å². The largest absolute Gasteiger partial charge is 0.493 e. The number of nitrogens with zero attached hydrogens (tertiary/aromatic N) is 2. The molecule has 1 aromatic carbocycles. The molecule has 1 unspecified atom stereocenters. The highest BCUT2D eigenvalue weighted by molar-refractivity contribution is 5.37. The summed E-state index contributed by atoms with van der Waals surface area (Å²) in [5.74, 6) is 2.13. The highest BCUT2D eigenvalue weighted by atomic mass is 16.5. The summed E-state index contributed by atoms with van der Waals surface area (Å²) in [7, 11) is 1.94. The zero-order chi connectivity index (χ0) is 14.8. The molecule has 110 valence electrons. The first kappa shape index (κ1) is 14.0. The fourth-order valence-electron chi connectivity index (χ4n) is 2.87. The molecule has 1 atom stereocenters. The fourth-order valence-corrected chi connectivity index (χ4v) is 2.87. The van der Waals surface area contributed by atoms with Crippen LogP contribution in [-0.4, -0.2) is 23.6 Å². The minimum absolute atomic E-state index is 0.237. The number of nitrogens with one attached hydrogen (secondary N) is 1. The van der Waals surface area contributed by atoms with Gasteiger partial charge < -0.3 is 10.1 Å². The van der Waals surface area contributed by atoms with Crippen molar-refractivity contribution >= 4 is 0 Å². The van der Waals surface area contributed by atoms with Gasteiger partial charge in [-0.25, -0.2) is 9.97 Å². The maximum Gasteiger partial charge on any atom is 0.135 e. The summed E-state index contributed by atoms with van der Waals surface area (Å²) in [5.41, 5.74) is 4.56. The van der Waals surface area contributed by atoms with Crippen LogP contribution in [-0.2, 0) is 13.0 Å². The van der Waals surface area contributed by atoms with E-state index in [9.17, 15) is 0 Å². The number of aryl methyl sites for hydroxylation is 2. The second-order valence-electron chi connectivity index (χ2n) is 5.58. The SMILES string of the molecule is CNCc1c(C)nc(C2COc3ccccc3C2)nc1C. The lowest BCUT2D eigenvalue weighted by molar-refractivity contribution is 0.257. The minimum atomic E-state index is 0.237. The van der Waals surface area contributed by atoms with Crippen LogP contribution >= 0.6 is 0 Å². The van der Waals surface area contributed by atoms with Gasteiger partial charge in [-0.05, 0) is 38.9 Å². The normalized spacial score (nSPS) is 17.2. The molecule has 0 spiro atoms. The number of benzene rings is 1. The molecule has 0 amide bonds. The smallest absolute Gasteiger partial charge is 0.135 e. The molecule has 0 fully saturated rings. The Kier molecular flexibility index (Phi) is 3.88. The van der Waals surface area contributed by atoms with Crippen molar-refractivity contribution in [2.24, 2.45) is 0 Å². The Morgan fingerprint density at radius 3 is 2.62 bits per heavy atom. The van der Waals surface area contributed by atoms with E-state index in [1.165, 1.54) is 11.1 Å². The lowest BCUT2D eigenvalue weighted by atomic mass is 9.95. The molecule has 1 aliphatic heterocycles. The monoisotopic (exact) mass is 283 g/mol. The molecule has 21 heavy (non-hydrogen) atoms. The second-order valence-corrected chi connectivity index (χ2v) is 5.58. The third-order valence-corrected chi connectivity index (χ3v) is 4.04. The van der Waals surface area contributed by atoms with Crippen molar-refractivity contribution < 1.29 is 4.74 Å². The number of aromatic nitrogens is 2. The Hall–Kier alpha value is -1.94. The first-order chi connectivity index (χ1) is 10.2. The van der Waals surface area contributed by atoms with Gasteiger partial charge in [0.1, 0.15) is 11.6 Å². The summed E-state index contributed by atoms with van der Waals surface area (Å²) in [6.07, 6.45) is 0.945. The Balaban J connectivity index is 1.89. The molecular formula is C17H21N3O. The van der Waals surface area contributed by atoms with Crippen molar-refractivity contribution in [3.63, 3.8) is 0 Å². The molecule has 1 aliphatic rings. The molecule has 0 saturated carbocycles. The van der Waals surface area contributed by atoms with Gasteiger partial charge in [0.15, 0.2) is 0 Å². The summed E-state index contributed by atoms with van der Waals surface area (Å²) >= 11 is 0. The van der Waals surface area contributed by atoms with Crippen LogP contribution in [0, 0.1) is 13.8 Å². The predicted molar refractivity (Wildman–Crippen MR) is 82.7 cm³/mol. The molecule has 1 aromatic heterocycles. The predicted octanol–water partition coefficient (Wildman–Crippen LogP) is 2.53. The van der Waals surface area contributed by atoms with Crippen molar-refractivity contribution in [2.45, 2.75) is 32.7 Å². The van der Waals surface area contributed by atoms with Crippen molar-refractivity contribution in [3.8, 4) is 5.75 Å². The number of ether oxygens (including phenoxy) is 1. The van der Waals surface area contributed by atoms with E-state index in [0.29, 0.717) is 6.61 Å². The zero-order valence-electron chi connectivity index (χ0n) is 12.8. The summed E-state index contributed by atoms with van der Waals surface area (Å²) < 4.78 is 5.86. The molecule has 0 aliphatic carbocycles. The van der Waals surface area contributed by atoms with Gasteiger partial charge in [-0.2, -0.15) is 0 Å². The van der Waals surface area contributed by atoms with Gasteiger partial charge in [0.25, 0.3) is 0 Å². The van der Waals surface area contributed by atoms with Gasteiger partial charge in [-0.3, -0.25) is 0 Å². The van der Waals surface area contributed by atoms with Gasteiger partial charge in [-0.15, -0.1) is 0 Å². The van der Waals surface area contributed by atoms with Crippen molar-refractivity contribution in [3.05, 3.63) is 52.6 Å². The van der Waals surface area contributed by atoms with Crippen LogP contribution in [0.3, 0.4) is 0 Å². The van der Waals surface area contributed by atoms with Gasteiger partial charge in [-0.1, -0.05) is 18.2 Å². The second kappa shape index (κ2) is 5.82. The topological polar surface area (TPSA) is 47.0 Å². The lowest BCUT2D eigenvalue weighted by Crippen LogP contribution is -2.22. The van der Waals surface area contributed by atoms with E-state index in [1.807, 2.05) is 19.2 Å². The number of hydrogen-bond acceptors (Lipinski definition) is 4. The molecular weight excluding hydrogens is 262 g/mol. The van der Waals surface area contributed by atoms with Crippen LogP contribution < -0.4 is 10.1 Å². The average molecular weight is 283 g/mol. The first-order valence-corrected chi connectivity index (χ1v) is 7.38. The molecule has 0 saturated heterocycles. The van der Waals surface area contributed by atoms with Crippen LogP contribution in [0.1, 0.15) is 34.3 Å². The highest BCUT2D eigenvalue weighted by Gasteiger charge is 2.24. The molecule has 2 aromatic rings. The number of para-hydroxylation sites is 1. The van der Waals surface area contributed by atoms with Gasteiger partial charge in [0.05, 0.1) is 12.5 Å². The summed E-state index contributed by atoms with van der Waals surface area (Å²) in [4.78, 5) is 9.44. The van der Waals surface area contributed by atoms with E-state index in [-0.39, 0.29) is 5.92 Å². The molecule has 4 heteroatoms. The summed E-state index contributed by atoms with van der Waals surface area (Å²) in [6.45, 7) is 5.58. The van der Waals surface area contributed by atoms with Crippen LogP contribution in [0.15, 0.2) is 24.3 Å². The Morgan fingerprint density at radius 1 is 1.19 bits per heavy atom. The zero-order valence-corrected chi connectivity index (χ0v) is 12.8. The van der Waals surface area contributed by atoms with Crippen LogP contribution in [0.5, 0.6) is 5.75 Å².